The van der Waals surface area contributed by atoms with Crippen molar-refractivity contribution in [3.8, 4) is 11.3 Å². The Morgan fingerprint density at radius 1 is 1.03 bits per heavy atom. The first-order valence-corrected chi connectivity index (χ1v) is 12.0. The van der Waals surface area contributed by atoms with Gasteiger partial charge in [-0.1, -0.05) is 41.9 Å². The monoisotopic (exact) mass is 443 g/mol. The summed E-state index contributed by atoms with van der Waals surface area (Å²) >= 11 is 5.95. The molecule has 1 amide bonds. The summed E-state index contributed by atoms with van der Waals surface area (Å²) in [6, 6.07) is 20.1. The molecule has 30 heavy (non-hydrogen) atoms. The van der Waals surface area contributed by atoms with Gasteiger partial charge in [0, 0.05) is 16.6 Å². The van der Waals surface area contributed by atoms with E-state index in [-0.39, 0.29) is 36.4 Å². The van der Waals surface area contributed by atoms with E-state index < -0.39 is 9.84 Å². The normalized spacial score (nSPS) is 17.7. The van der Waals surface area contributed by atoms with Crippen LogP contribution in [0, 0.1) is 0 Å². The third kappa shape index (κ3) is 4.94. The molecule has 0 aliphatic carbocycles. The van der Waals surface area contributed by atoms with E-state index in [1.165, 1.54) is 0 Å². The van der Waals surface area contributed by atoms with Gasteiger partial charge in [-0.05, 0) is 48.4 Å². The first-order chi connectivity index (χ1) is 14.4. The maximum Gasteiger partial charge on any atom is 0.227 e. The van der Waals surface area contributed by atoms with E-state index in [0.717, 1.165) is 11.1 Å². The third-order valence-corrected chi connectivity index (χ3v) is 7.29. The Morgan fingerprint density at radius 2 is 1.77 bits per heavy atom. The number of carbonyl (C=O) groups is 1. The van der Waals surface area contributed by atoms with Gasteiger partial charge in [-0.15, -0.1) is 0 Å². The molecule has 3 aromatic rings. The van der Waals surface area contributed by atoms with Crippen LogP contribution in [-0.2, 0) is 27.6 Å². The molecule has 156 valence electrons. The summed E-state index contributed by atoms with van der Waals surface area (Å²) < 4.78 is 30.0. The summed E-state index contributed by atoms with van der Waals surface area (Å²) in [5.41, 5.74) is 1.78. The molecule has 0 N–H and O–H groups in total. The highest BCUT2D eigenvalue weighted by atomic mass is 35.5. The Balaban J connectivity index is 1.55. The fraction of sp³-hybridized carbons (Fsp3) is 0.261. The molecule has 1 atom stereocenters. The van der Waals surface area contributed by atoms with Crippen LogP contribution >= 0.6 is 11.6 Å². The van der Waals surface area contributed by atoms with Crippen LogP contribution in [-0.4, -0.2) is 36.8 Å². The van der Waals surface area contributed by atoms with Crippen molar-refractivity contribution in [3.63, 3.8) is 0 Å². The lowest BCUT2D eigenvalue weighted by atomic mass is 10.1. The predicted molar refractivity (Wildman–Crippen MR) is 117 cm³/mol. The second kappa shape index (κ2) is 8.66. The molecule has 1 aliphatic rings. The van der Waals surface area contributed by atoms with Crippen molar-refractivity contribution in [2.45, 2.75) is 25.4 Å². The molecule has 0 spiro atoms. The van der Waals surface area contributed by atoms with Crippen LogP contribution in [0.3, 0.4) is 0 Å². The number of hydrogen-bond acceptors (Lipinski definition) is 4. The van der Waals surface area contributed by atoms with Crippen LogP contribution in [0.5, 0.6) is 0 Å². The number of halogens is 1. The van der Waals surface area contributed by atoms with Crippen molar-refractivity contribution in [1.29, 1.82) is 0 Å². The zero-order chi connectivity index (χ0) is 21.1. The van der Waals surface area contributed by atoms with Crippen molar-refractivity contribution in [3.05, 3.63) is 83.1 Å². The molecule has 0 unspecified atom stereocenters. The fourth-order valence-corrected chi connectivity index (χ4v) is 5.57. The number of hydrogen-bond donors (Lipinski definition) is 0. The lowest BCUT2D eigenvalue weighted by molar-refractivity contribution is -0.133. The molecule has 1 fully saturated rings. The minimum absolute atomic E-state index is 0.00171. The summed E-state index contributed by atoms with van der Waals surface area (Å²) in [7, 11) is -3.12. The molecule has 1 saturated heterocycles. The molecule has 1 aromatic heterocycles. The Morgan fingerprint density at radius 3 is 2.43 bits per heavy atom. The van der Waals surface area contributed by atoms with Crippen molar-refractivity contribution < 1.29 is 17.6 Å². The molecule has 0 saturated carbocycles. The molecule has 2 heterocycles. The van der Waals surface area contributed by atoms with Gasteiger partial charge in [0.2, 0.25) is 5.91 Å². The summed E-state index contributed by atoms with van der Waals surface area (Å²) in [5.74, 6) is 1.30. The lowest BCUT2D eigenvalue weighted by Gasteiger charge is -2.27. The summed E-state index contributed by atoms with van der Waals surface area (Å²) in [5, 5.41) is 0.644. The molecular weight excluding hydrogens is 422 g/mol. The maximum absolute atomic E-state index is 13.1. The van der Waals surface area contributed by atoms with Crippen molar-refractivity contribution in [2.24, 2.45) is 0 Å². The van der Waals surface area contributed by atoms with Gasteiger partial charge in [-0.2, -0.15) is 0 Å². The standard InChI is InChI=1S/C23H22ClNO4S/c24-19-8-6-18(7-9-19)22-11-10-21(29-22)15-25(20-12-13-30(27,28)16-20)23(26)14-17-4-2-1-3-5-17/h1-11,20H,12-16H2/t20-/m1/s1. The van der Waals surface area contributed by atoms with Gasteiger partial charge >= 0.3 is 0 Å². The quantitative estimate of drug-likeness (QED) is 0.567. The Bertz CT molecular complexity index is 1120. The highest BCUT2D eigenvalue weighted by molar-refractivity contribution is 7.91. The van der Waals surface area contributed by atoms with Crippen molar-refractivity contribution in [2.75, 3.05) is 11.5 Å². The van der Waals surface area contributed by atoms with Crippen LogP contribution in [0.1, 0.15) is 17.7 Å². The minimum Gasteiger partial charge on any atom is -0.459 e. The topological polar surface area (TPSA) is 67.6 Å². The molecule has 0 radical (unpaired) electrons. The van der Waals surface area contributed by atoms with E-state index in [0.29, 0.717) is 23.0 Å². The van der Waals surface area contributed by atoms with E-state index in [2.05, 4.69) is 0 Å². The highest BCUT2D eigenvalue weighted by Crippen LogP contribution is 2.26. The van der Waals surface area contributed by atoms with Crippen LogP contribution in [0.4, 0.5) is 0 Å². The fourth-order valence-electron chi connectivity index (χ4n) is 3.71. The summed E-state index contributed by atoms with van der Waals surface area (Å²) in [6.45, 7) is 0.236. The van der Waals surface area contributed by atoms with Crippen LogP contribution in [0.2, 0.25) is 5.02 Å². The number of sulfone groups is 1. The van der Waals surface area contributed by atoms with E-state index >= 15 is 0 Å². The van der Waals surface area contributed by atoms with Crippen LogP contribution in [0.25, 0.3) is 11.3 Å². The smallest absolute Gasteiger partial charge is 0.227 e. The summed E-state index contributed by atoms with van der Waals surface area (Å²) in [6.07, 6.45) is 0.676. The van der Waals surface area contributed by atoms with Crippen molar-refractivity contribution in [1.82, 2.24) is 4.90 Å². The molecule has 1 aliphatic heterocycles. The largest absolute Gasteiger partial charge is 0.459 e. The van der Waals surface area contributed by atoms with Gasteiger partial charge in [0.15, 0.2) is 9.84 Å². The lowest BCUT2D eigenvalue weighted by Crippen LogP contribution is -2.41. The van der Waals surface area contributed by atoms with Gasteiger partial charge < -0.3 is 9.32 Å². The van der Waals surface area contributed by atoms with E-state index in [9.17, 15) is 13.2 Å². The van der Waals surface area contributed by atoms with Gasteiger partial charge in [0.25, 0.3) is 0 Å². The predicted octanol–water partition coefficient (Wildman–Crippen LogP) is 4.36. The first kappa shape index (κ1) is 20.7. The van der Waals surface area contributed by atoms with Crippen LogP contribution in [0.15, 0.2) is 71.1 Å². The minimum atomic E-state index is -3.12. The number of furan rings is 1. The number of rotatable bonds is 6. The molecule has 7 heteroatoms. The number of carbonyl (C=O) groups excluding carboxylic acids is 1. The molecule has 5 nitrogen and oxygen atoms in total. The van der Waals surface area contributed by atoms with E-state index in [4.69, 9.17) is 16.0 Å². The number of nitrogens with zero attached hydrogens (tertiary/aromatic N) is 1. The highest BCUT2D eigenvalue weighted by Gasteiger charge is 2.35. The maximum atomic E-state index is 13.1. The Labute approximate surface area is 181 Å². The van der Waals surface area contributed by atoms with E-state index in [1.807, 2.05) is 54.6 Å². The van der Waals surface area contributed by atoms with Gasteiger partial charge in [-0.25, -0.2) is 8.42 Å². The van der Waals surface area contributed by atoms with Crippen molar-refractivity contribution >= 4 is 27.3 Å². The van der Waals surface area contributed by atoms with Gasteiger partial charge in [0.05, 0.1) is 24.5 Å². The average molecular weight is 444 g/mol. The zero-order valence-electron chi connectivity index (χ0n) is 16.3. The molecule has 2 aromatic carbocycles. The third-order valence-electron chi connectivity index (χ3n) is 5.28. The Kier molecular flexibility index (Phi) is 5.97. The van der Waals surface area contributed by atoms with Gasteiger partial charge in [0.1, 0.15) is 11.5 Å². The molecular formula is C23H22ClNO4S. The number of benzene rings is 2. The zero-order valence-corrected chi connectivity index (χ0v) is 17.9. The Hall–Kier alpha value is -2.57. The summed E-state index contributed by atoms with van der Waals surface area (Å²) in [4.78, 5) is 14.8. The van der Waals surface area contributed by atoms with Crippen LogP contribution < -0.4 is 0 Å². The molecule has 4 rings (SSSR count). The van der Waals surface area contributed by atoms with E-state index in [1.54, 1.807) is 17.0 Å². The van der Waals surface area contributed by atoms with Gasteiger partial charge in [-0.3, -0.25) is 4.79 Å². The second-order valence-corrected chi connectivity index (χ2v) is 10.2. The second-order valence-electron chi connectivity index (χ2n) is 7.51. The average Bonchev–Trinajstić information content (AvgIpc) is 3.33. The first-order valence-electron chi connectivity index (χ1n) is 9.78. The molecule has 0 bridgehead atoms. The SMILES string of the molecule is O=C(Cc1ccccc1)N(Cc1ccc(-c2ccc(Cl)cc2)o1)[C@@H]1CCS(=O)(=O)C1. The number of amides is 1.